The maximum Gasteiger partial charge on any atom is 0.514 e. The summed E-state index contributed by atoms with van der Waals surface area (Å²) < 4.78 is 25.3. The number of nitrogens with zero attached hydrogens (tertiary/aromatic N) is 1. The molecule has 0 amide bonds. The lowest BCUT2D eigenvalue weighted by Gasteiger charge is -2.32. The molecule has 2 heterocycles. The number of hydrogen-bond acceptors (Lipinski definition) is 4. The molecule has 1 aliphatic heterocycles. The molecular weight excluding hydrogens is 246 g/mol. The van der Waals surface area contributed by atoms with Crippen molar-refractivity contribution in [1.29, 1.82) is 0 Å². The van der Waals surface area contributed by atoms with Gasteiger partial charge in [-0.1, -0.05) is 0 Å². The van der Waals surface area contributed by atoms with Gasteiger partial charge in [0.1, 0.15) is 0 Å². The van der Waals surface area contributed by atoms with Crippen molar-refractivity contribution in [1.82, 2.24) is 10.3 Å². The molecule has 1 aliphatic rings. The maximum atomic E-state index is 13.5. The van der Waals surface area contributed by atoms with E-state index in [9.17, 15) is 4.39 Å². The standard InChI is InChI=1S/C13H20BFN2O2/c1-12(2)13(3,4)19-14(18-12)10-6-9(8-16-5)7-11(15)17-10/h6-7,16H,8H2,1-5H3. The highest BCUT2D eigenvalue weighted by Crippen LogP contribution is 2.36. The van der Waals surface area contributed by atoms with E-state index in [1.54, 1.807) is 0 Å². The van der Waals surface area contributed by atoms with Crippen LogP contribution >= 0.6 is 0 Å². The van der Waals surface area contributed by atoms with Gasteiger partial charge in [0.15, 0.2) is 0 Å². The predicted octanol–water partition coefficient (Wildman–Crippen LogP) is 1.24. The average molecular weight is 266 g/mol. The zero-order chi connectivity index (χ0) is 14.3. The molecule has 1 fully saturated rings. The van der Waals surface area contributed by atoms with E-state index in [1.165, 1.54) is 6.07 Å². The van der Waals surface area contributed by atoms with Crippen molar-refractivity contribution >= 4 is 12.7 Å². The van der Waals surface area contributed by atoms with E-state index in [4.69, 9.17) is 9.31 Å². The van der Waals surface area contributed by atoms with Gasteiger partial charge in [-0.05, 0) is 52.4 Å². The van der Waals surface area contributed by atoms with E-state index in [0.29, 0.717) is 12.1 Å². The van der Waals surface area contributed by atoms with Crippen LogP contribution in [0.3, 0.4) is 0 Å². The molecule has 0 aliphatic carbocycles. The van der Waals surface area contributed by atoms with Gasteiger partial charge in [0.2, 0.25) is 5.95 Å². The van der Waals surface area contributed by atoms with Crippen molar-refractivity contribution in [3.05, 3.63) is 23.6 Å². The van der Waals surface area contributed by atoms with E-state index in [1.807, 2.05) is 40.8 Å². The molecule has 1 saturated heterocycles. The third-order valence-electron chi connectivity index (χ3n) is 3.75. The van der Waals surface area contributed by atoms with Gasteiger partial charge in [0, 0.05) is 6.54 Å². The summed E-state index contributed by atoms with van der Waals surface area (Å²) in [6.07, 6.45) is 0. The average Bonchev–Trinajstić information content (AvgIpc) is 2.48. The van der Waals surface area contributed by atoms with E-state index < -0.39 is 24.3 Å². The Bertz CT molecular complexity index is 464. The Morgan fingerprint density at radius 1 is 1.21 bits per heavy atom. The zero-order valence-electron chi connectivity index (χ0n) is 12.1. The molecule has 0 saturated carbocycles. The monoisotopic (exact) mass is 266 g/mol. The summed E-state index contributed by atoms with van der Waals surface area (Å²) in [7, 11) is 1.18. The van der Waals surface area contributed by atoms with E-state index >= 15 is 0 Å². The van der Waals surface area contributed by atoms with Crippen LogP contribution in [-0.4, -0.2) is 30.4 Å². The highest BCUT2D eigenvalue weighted by Gasteiger charge is 2.52. The first-order valence-electron chi connectivity index (χ1n) is 6.42. The molecule has 0 atom stereocenters. The fourth-order valence-corrected chi connectivity index (χ4v) is 1.96. The zero-order valence-corrected chi connectivity index (χ0v) is 12.1. The Kier molecular flexibility index (Phi) is 3.68. The Morgan fingerprint density at radius 2 is 1.79 bits per heavy atom. The Morgan fingerprint density at radius 3 is 2.32 bits per heavy atom. The van der Waals surface area contributed by atoms with Crippen LogP contribution in [0.25, 0.3) is 0 Å². The molecule has 1 aromatic rings. The van der Waals surface area contributed by atoms with E-state index in [0.717, 1.165) is 5.56 Å². The van der Waals surface area contributed by atoms with Gasteiger partial charge in [0.25, 0.3) is 0 Å². The smallest absolute Gasteiger partial charge is 0.398 e. The van der Waals surface area contributed by atoms with Crippen LogP contribution < -0.4 is 10.9 Å². The molecule has 6 heteroatoms. The topological polar surface area (TPSA) is 43.4 Å². The van der Waals surface area contributed by atoms with Crippen LogP contribution in [0.1, 0.15) is 33.3 Å². The van der Waals surface area contributed by atoms with Gasteiger partial charge >= 0.3 is 7.12 Å². The first-order valence-corrected chi connectivity index (χ1v) is 6.42. The molecule has 104 valence electrons. The van der Waals surface area contributed by atoms with Gasteiger partial charge in [-0.25, -0.2) is 4.98 Å². The van der Waals surface area contributed by atoms with E-state index in [2.05, 4.69) is 10.3 Å². The second-order valence-electron chi connectivity index (χ2n) is 5.84. The van der Waals surface area contributed by atoms with Crippen LogP contribution in [0, 0.1) is 5.95 Å². The van der Waals surface area contributed by atoms with Crippen LogP contribution in [0.4, 0.5) is 4.39 Å². The minimum Gasteiger partial charge on any atom is -0.398 e. The number of pyridine rings is 1. The number of nitrogens with one attached hydrogen (secondary N) is 1. The van der Waals surface area contributed by atoms with Crippen LogP contribution in [0.15, 0.2) is 12.1 Å². The SMILES string of the molecule is CNCc1cc(F)nc(B2OC(C)(C)C(C)(C)O2)c1. The van der Waals surface area contributed by atoms with Gasteiger partial charge in [-0.15, -0.1) is 0 Å². The Labute approximate surface area is 113 Å². The quantitative estimate of drug-likeness (QED) is 0.660. The van der Waals surface area contributed by atoms with Crippen molar-refractivity contribution in [2.75, 3.05) is 7.05 Å². The first kappa shape index (κ1) is 14.4. The number of rotatable bonds is 3. The summed E-state index contributed by atoms with van der Waals surface area (Å²) in [5.74, 6) is -0.516. The molecule has 2 rings (SSSR count). The fourth-order valence-electron chi connectivity index (χ4n) is 1.96. The summed E-state index contributed by atoms with van der Waals surface area (Å²) >= 11 is 0. The number of aromatic nitrogens is 1. The molecule has 0 radical (unpaired) electrons. The molecule has 19 heavy (non-hydrogen) atoms. The Balaban J connectivity index is 2.29. The van der Waals surface area contributed by atoms with Gasteiger partial charge in [-0.2, -0.15) is 4.39 Å². The minimum atomic E-state index is -0.628. The van der Waals surface area contributed by atoms with Crippen molar-refractivity contribution in [2.24, 2.45) is 0 Å². The lowest BCUT2D eigenvalue weighted by molar-refractivity contribution is 0.00578. The molecule has 0 unspecified atom stereocenters. The van der Waals surface area contributed by atoms with Crippen LogP contribution in [-0.2, 0) is 15.9 Å². The van der Waals surface area contributed by atoms with Crippen molar-refractivity contribution in [3.8, 4) is 0 Å². The molecule has 0 spiro atoms. The Hall–Kier alpha value is -0.975. The van der Waals surface area contributed by atoms with Gasteiger partial charge in [0.05, 0.1) is 16.8 Å². The largest absolute Gasteiger partial charge is 0.514 e. The summed E-state index contributed by atoms with van der Waals surface area (Å²) in [5, 5.41) is 2.99. The molecule has 0 bridgehead atoms. The third-order valence-corrected chi connectivity index (χ3v) is 3.75. The third kappa shape index (κ3) is 2.80. The van der Waals surface area contributed by atoms with Crippen molar-refractivity contribution in [3.63, 3.8) is 0 Å². The summed E-state index contributed by atoms with van der Waals surface area (Å²) in [4.78, 5) is 3.88. The van der Waals surface area contributed by atoms with Crippen LogP contribution in [0.2, 0.25) is 0 Å². The summed E-state index contributed by atoms with van der Waals surface area (Å²) in [5.41, 5.74) is 0.396. The predicted molar refractivity (Wildman–Crippen MR) is 72.7 cm³/mol. The second-order valence-corrected chi connectivity index (χ2v) is 5.84. The molecule has 1 aromatic heterocycles. The first-order chi connectivity index (χ1) is 8.75. The highest BCUT2D eigenvalue weighted by molar-refractivity contribution is 6.61. The molecule has 4 nitrogen and oxygen atoms in total. The van der Waals surface area contributed by atoms with E-state index in [-0.39, 0.29) is 0 Å². The second kappa shape index (κ2) is 4.85. The number of hydrogen-bond donors (Lipinski definition) is 1. The van der Waals surface area contributed by atoms with Gasteiger partial charge in [-0.3, -0.25) is 0 Å². The molecule has 1 N–H and O–H groups in total. The molecular formula is C13H20BFN2O2. The van der Waals surface area contributed by atoms with Crippen molar-refractivity contribution < 1.29 is 13.7 Å². The normalized spacial score (nSPS) is 20.8. The molecule has 0 aromatic carbocycles. The summed E-state index contributed by atoms with van der Waals surface area (Å²) in [6.45, 7) is 8.41. The fraction of sp³-hybridized carbons (Fsp3) is 0.615. The number of halogens is 1. The van der Waals surface area contributed by atoms with Crippen LogP contribution in [0.5, 0.6) is 0 Å². The lowest BCUT2D eigenvalue weighted by Crippen LogP contribution is -2.41. The van der Waals surface area contributed by atoms with Gasteiger partial charge < -0.3 is 14.6 Å². The maximum absolute atomic E-state index is 13.5. The summed E-state index contributed by atoms with van der Waals surface area (Å²) in [6, 6.07) is 3.22. The lowest BCUT2D eigenvalue weighted by atomic mass is 9.83. The minimum absolute atomic E-state index is 0.450. The van der Waals surface area contributed by atoms with Crippen molar-refractivity contribution in [2.45, 2.75) is 45.4 Å². The highest BCUT2D eigenvalue weighted by atomic mass is 19.1.